The summed E-state index contributed by atoms with van der Waals surface area (Å²) in [5, 5.41) is 0. The molecule has 0 atom stereocenters. The highest BCUT2D eigenvalue weighted by molar-refractivity contribution is 5.34. The molecule has 2 aromatic rings. The third-order valence-corrected chi connectivity index (χ3v) is 5.09. The van der Waals surface area contributed by atoms with E-state index < -0.39 is 0 Å². The molecule has 0 aliphatic rings. The minimum Gasteiger partial charge on any atom is -0.494 e. The Kier molecular flexibility index (Phi) is 8.58. The van der Waals surface area contributed by atoms with E-state index in [0.29, 0.717) is 13.2 Å². The SMILES string of the molecule is CCOc1ccccc1CCC(C)(C)OC(C)(C)CCc1ccccc1OCC. The van der Waals surface area contributed by atoms with E-state index >= 15 is 0 Å². The highest BCUT2D eigenvalue weighted by atomic mass is 16.5. The van der Waals surface area contributed by atoms with Crippen molar-refractivity contribution in [1.29, 1.82) is 0 Å². The number of aryl methyl sites for hydroxylation is 2. The Hall–Kier alpha value is -2.00. The topological polar surface area (TPSA) is 27.7 Å². The molecule has 0 aliphatic carbocycles. The summed E-state index contributed by atoms with van der Waals surface area (Å²) in [6, 6.07) is 16.6. The summed E-state index contributed by atoms with van der Waals surface area (Å²) in [5.41, 5.74) is 2.05. The first-order valence-electron chi connectivity index (χ1n) is 10.9. The van der Waals surface area contributed by atoms with Crippen LogP contribution in [0, 0.1) is 0 Å². The van der Waals surface area contributed by atoms with E-state index in [4.69, 9.17) is 14.2 Å². The Morgan fingerprint density at radius 3 is 1.38 bits per heavy atom. The van der Waals surface area contributed by atoms with Gasteiger partial charge in [0.25, 0.3) is 0 Å². The fourth-order valence-electron chi connectivity index (χ4n) is 3.73. The Labute approximate surface area is 177 Å². The van der Waals surface area contributed by atoms with Crippen LogP contribution in [0.1, 0.15) is 65.5 Å². The van der Waals surface area contributed by atoms with Crippen LogP contribution in [0.3, 0.4) is 0 Å². The monoisotopic (exact) mass is 398 g/mol. The van der Waals surface area contributed by atoms with Crippen LogP contribution in [0.2, 0.25) is 0 Å². The number of hydrogen-bond acceptors (Lipinski definition) is 3. The molecular formula is C26H38O3. The van der Waals surface area contributed by atoms with Gasteiger partial charge in [-0.1, -0.05) is 36.4 Å². The van der Waals surface area contributed by atoms with Crippen molar-refractivity contribution in [3.8, 4) is 11.5 Å². The van der Waals surface area contributed by atoms with Gasteiger partial charge in [-0.2, -0.15) is 0 Å². The molecule has 0 unspecified atom stereocenters. The lowest BCUT2D eigenvalue weighted by molar-refractivity contribution is -0.128. The van der Waals surface area contributed by atoms with Gasteiger partial charge in [-0.05, 0) is 90.5 Å². The molecule has 3 heteroatoms. The van der Waals surface area contributed by atoms with Gasteiger partial charge in [0, 0.05) is 0 Å². The first kappa shape index (κ1) is 23.3. The second kappa shape index (κ2) is 10.7. The Morgan fingerprint density at radius 2 is 1.00 bits per heavy atom. The number of ether oxygens (including phenoxy) is 3. The summed E-state index contributed by atoms with van der Waals surface area (Å²) >= 11 is 0. The van der Waals surface area contributed by atoms with Gasteiger partial charge in [0.2, 0.25) is 0 Å². The lowest BCUT2D eigenvalue weighted by Gasteiger charge is -2.36. The standard InChI is InChI=1S/C26H38O3/c1-7-27-23-15-11-9-13-21(23)17-19-25(3,4)29-26(5,6)20-18-22-14-10-12-16-24(22)28-8-2/h9-16H,7-8,17-20H2,1-6H3. The third-order valence-electron chi connectivity index (χ3n) is 5.09. The van der Waals surface area contributed by atoms with E-state index in [1.54, 1.807) is 0 Å². The van der Waals surface area contributed by atoms with Crippen molar-refractivity contribution in [3.05, 3.63) is 59.7 Å². The zero-order chi connectivity index (χ0) is 21.3. The Bertz CT molecular complexity index is 686. The molecule has 0 bridgehead atoms. The molecular weight excluding hydrogens is 360 g/mol. The average Bonchev–Trinajstić information content (AvgIpc) is 2.66. The minimum absolute atomic E-state index is 0.220. The van der Waals surface area contributed by atoms with E-state index in [1.165, 1.54) is 11.1 Å². The van der Waals surface area contributed by atoms with Crippen LogP contribution in [0.15, 0.2) is 48.5 Å². The smallest absolute Gasteiger partial charge is 0.122 e. The molecule has 0 fully saturated rings. The molecule has 0 amide bonds. The first-order chi connectivity index (χ1) is 13.8. The van der Waals surface area contributed by atoms with E-state index in [2.05, 4.69) is 52.0 Å². The zero-order valence-corrected chi connectivity index (χ0v) is 19.1. The minimum atomic E-state index is -0.220. The van der Waals surface area contributed by atoms with Crippen LogP contribution in [0.4, 0.5) is 0 Å². The van der Waals surface area contributed by atoms with Crippen molar-refractivity contribution in [2.45, 2.75) is 78.4 Å². The summed E-state index contributed by atoms with van der Waals surface area (Å²) < 4.78 is 18.1. The fourth-order valence-corrected chi connectivity index (χ4v) is 3.73. The van der Waals surface area contributed by atoms with Gasteiger partial charge < -0.3 is 14.2 Å². The predicted molar refractivity (Wildman–Crippen MR) is 121 cm³/mol. The van der Waals surface area contributed by atoms with Gasteiger partial charge in [-0.3, -0.25) is 0 Å². The normalized spacial score (nSPS) is 12.1. The molecule has 0 radical (unpaired) electrons. The Morgan fingerprint density at radius 1 is 0.621 bits per heavy atom. The lowest BCUT2D eigenvalue weighted by Crippen LogP contribution is -2.37. The van der Waals surface area contributed by atoms with E-state index in [9.17, 15) is 0 Å². The third kappa shape index (κ3) is 7.74. The van der Waals surface area contributed by atoms with E-state index in [-0.39, 0.29) is 11.2 Å². The van der Waals surface area contributed by atoms with Gasteiger partial charge in [0.1, 0.15) is 11.5 Å². The largest absolute Gasteiger partial charge is 0.494 e. The van der Waals surface area contributed by atoms with Gasteiger partial charge >= 0.3 is 0 Å². The number of para-hydroxylation sites is 2. The maximum absolute atomic E-state index is 6.59. The zero-order valence-electron chi connectivity index (χ0n) is 19.1. The summed E-state index contributed by atoms with van der Waals surface area (Å²) in [7, 11) is 0. The second-order valence-corrected chi connectivity index (χ2v) is 8.70. The quantitative estimate of drug-likeness (QED) is 0.402. The fraction of sp³-hybridized carbons (Fsp3) is 0.538. The van der Waals surface area contributed by atoms with Gasteiger partial charge in [-0.25, -0.2) is 0 Å². The van der Waals surface area contributed by atoms with Crippen LogP contribution in [0.5, 0.6) is 11.5 Å². The van der Waals surface area contributed by atoms with Gasteiger partial charge in [0.05, 0.1) is 24.4 Å². The molecule has 0 aromatic heterocycles. The lowest BCUT2D eigenvalue weighted by atomic mass is 9.93. The van der Waals surface area contributed by atoms with Crippen molar-refractivity contribution >= 4 is 0 Å². The number of hydrogen-bond donors (Lipinski definition) is 0. The van der Waals surface area contributed by atoms with Crippen molar-refractivity contribution in [3.63, 3.8) is 0 Å². The highest BCUT2D eigenvalue weighted by Gasteiger charge is 2.29. The maximum Gasteiger partial charge on any atom is 0.122 e. The first-order valence-corrected chi connectivity index (χ1v) is 10.9. The molecule has 0 aliphatic heterocycles. The van der Waals surface area contributed by atoms with Crippen molar-refractivity contribution in [2.24, 2.45) is 0 Å². The van der Waals surface area contributed by atoms with E-state index in [1.807, 2.05) is 38.1 Å². The van der Waals surface area contributed by atoms with Crippen LogP contribution >= 0.6 is 0 Å². The van der Waals surface area contributed by atoms with E-state index in [0.717, 1.165) is 37.2 Å². The summed E-state index contributed by atoms with van der Waals surface area (Å²) in [5.74, 6) is 1.97. The molecule has 0 heterocycles. The molecule has 0 saturated heterocycles. The average molecular weight is 399 g/mol. The maximum atomic E-state index is 6.59. The number of benzene rings is 2. The molecule has 0 saturated carbocycles. The van der Waals surface area contributed by atoms with Crippen molar-refractivity contribution in [2.75, 3.05) is 13.2 Å². The molecule has 160 valence electrons. The summed E-state index contributed by atoms with van der Waals surface area (Å²) in [6.45, 7) is 14.2. The molecule has 2 aromatic carbocycles. The van der Waals surface area contributed by atoms with Gasteiger partial charge in [-0.15, -0.1) is 0 Å². The summed E-state index contributed by atoms with van der Waals surface area (Å²) in [6.07, 6.45) is 3.75. The molecule has 29 heavy (non-hydrogen) atoms. The van der Waals surface area contributed by atoms with Crippen LogP contribution < -0.4 is 9.47 Å². The number of rotatable bonds is 12. The Balaban J connectivity index is 1.94. The summed E-state index contributed by atoms with van der Waals surface area (Å²) in [4.78, 5) is 0. The van der Waals surface area contributed by atoms with Gasteiger partial charge in [0.15, 0.2) is 0 Å². The molecule has 0 spiro atoms. The van der Waals surface area contributed by atoms with Crippen LogP contribution in [-0.2, 0) is 17.6 Å². The second-order valence-electron chi connectivity index (χ2n) is 8.70. The van der Waals surface area contributed by atoms with Crippen molar-refractivity contribution in [1.82, 2.24) is 0 Å². The molecule has 3 nitrogen and oxygen atoms in total. The predicted octanol–water partition coefficient (Wildman–Crippen LogP) is 6.62. The molecule has 0 N–H and O–H groups in total. The van der Waals surface area contributed by atoms with Crippen LogP contribution in [-0.4, -0.2) is 24.4 Å². The highest BCUT2D eigenvalue weighted by Crippen LogP contribution is 2.31. The van der Waals surface area contributed by atoms with Crippen molar-refractivity contribution < 1.29 is 14.2 Å². The van der Waals surface area contributed by atoms with Crippen LogP contribution in [0.25, 0.3) is 0 Å². The molecule has 2 rings (SSSR count).